The number of hydrogen-bond acceptors (Lipinski definition) is 5. The first-order chi connectivity index (χ1) is 9.59. The summed E-state index contributed by atoms with van der Waals surface area (Å²) in [5, 5.41) is 3.30. The van der Waals surface area contributed by atoms with E-state index in [-0.39, 0.29) is 18.1 Å². The third-order valence-corrected chi connectivity index (χ3v) is 3.41. The molecular weight excluding hydrogens is 272 g/mol. The van der Waals surface area contributed by atoms with Gasteiger partial charge in [0.05, 0.1) is 7.11 Å². The number of nitrogens with zero attached hydrogens (tertiary/aromatic N) is 1. The van der Waals surface area contributed by atoms with Crippen LogP contribution in [0.5, 0.6) is 0 Å². The summed E-state index contributed by atoms with van der Waals surface area (Å²) >= 11 is 0. The highest BCUT2D eigenvalue weighted by molar-refractivity contribution is 5.81. The van der Waals surface area contributed by atoms with Crippen LogP contribution in [0.1, 0.15) is 47.5 Å². The number of hydrogen-bond donors (Lipinski definition) is 1. The van der Waals surface area contributed by atoms with Crippen LogP contribution in [0.4, 0.5) is 4.79 Å². The fourth-order valence-electron chi connectivity index (χ4n) is 2.55. The molecule has 1 amide bonds. The van der Waals surface area contributed by atoms with E-state index in [9.17, 15) is 9.59 Å². The molecule has 0 aliphatic carbocycles. The first kappa shape index (κ1) is 17.8. The Morgan fingerprint density at radius 2 is 1.71 bits per heavy atom. The number of piperidine rings is 1. The lowest BCUT2D eigenvalue weighted by Crippen LogP contribution is -2.61. The molecule has 122 valence electrons. The predicted molar refractivity (Wildman–Crippen MR) is 80.1 cm³/mol. The van der Waals surface area contributed by atoms with Gasteiger partial charge in [0.15, 0.2) is 0 Å². The predicted octanol–water partition coefficient (Wildman–Crippen LogP) is 1.93. The van der Waals surface area contributed by atoms with E-state index in [1.165, 1.54) is 7.11 Å². The number of ether oxygens (including phenoxy) is 2. The van der Waals surface area contributed by atoms with Crippen molar-refractivity contribution in [2.75, 3.05) is 20.2 Å². The van der Waals surface area contributed by atoms with Gasteiger partial charge in [-0.15, -0.1) is 0 Å². The Hall–Kier alpha value is -1.30. The average molecular weight is 300 g/mol. The zero-order chi connectivity index (χ0) is 16.3. The third-order valence-electron chi connectivity index (χ3n) is 3.41. The smallest absolute Gasteiger partial charge is 0.410 e. The van der Waals surface area contributed by atoms with E-state index in [1.807, 2.05) is 34.6 Å². The van der Waals surface area contributed by atoms with Gasteiger partial charge in [-0.25, -0.2) is 4.79 Å². The second-order valence-electron chi connectivity index (χ2n) is 6.84. The maximum absolute atomic E-state index is 12.1. The molecule has 0 bridgehead atoms. The highest BCUT2D eigenvalue weighted by Crippen LogP contribution is 2.25. The highest BCUT2D eigenvalue weighted by atomic mass is 16.6. The summed E-state index contributed by atoms with van der Waals surface area (Å²) in [5.41, 5.74) is -1.22. The minimum Gasteiger partial charge on any atom is -0.468 e. The van der Waals surface area contributed by atoms with E-state index in [2.05, 4.69) is 5.32 Å². The quantitative estimate of drug-likeness (QED) is 0.807. The maximum Gasteiger partial charge on any atom is 0.410 e. The van der Waals surface area contributed by atoms with Gasteiger partial charge in [-0.3, -0.25) is 10.1 Å². The van der Waals surface area contributed by atoms with Crippen molar-refractivity contribution in [2.24, 2.45) is 0 Å². The van der Waals surface area contributed by atoms with Gasteiger partial charge in [0.2, 0.25) is 0 Å². The van der Waals surface area contributed by atoms with Crippen molar-refractivity contribution in [1.29, 1.82) is 0 Å². The molecular formula is C15H28N2O4. The molecule has 1 fully saturated rings. The zero-order valence-corrected chi connectivity index (χ0v) is 14.0. The lowest BCUT2D eigenvalue weighted by molar-refractivity contribution is -0.151. The highest BCUT2D eigenvalue weighted by Gasteiger charge is 2.44. The molecule has 1 heterocycles. The Morgan fingerprint density at radius 3 is 2.10 bits per heavy atom. The van der Waals surface area contributed by atoms with E-state index < -0.39 is 11.1 Å². The summed E-state index contributed by atoms with van der Waals surface area (Å²) in [7, 11) is 1.40. The number of rotatable bonds is 3. The maximum atomic E-state index is 12.1. The van der Waals surface area contributed by atoms with Crippen molar-refractivity contribution in [2.45, 2.75) is 64.6 Å². The van der Waals surface area contributed by atoms with Gasteiger partial charge < -0.3 is 14.4 Å². The summed E-state index contributed by atoms with van der Waals surface area (Å²) in [4.78, 5) is 25.8. The van der Waals surface area contributed by atoms with Crippen LogP contribution in [0.3, 0.4) is 0 Å². The number of likely N-dealkylation sites (tertiary alicyclic amines) is 1. The van der Waals surface area contributed by atoms with Crippen LogP contribution < -0.4 is 5.32 Å². The molecule has 0 unspecified atom stereocenters. The fraction of sp³-hybridized carbons (Fsp3) is 0.867. The fourth-order valence-corrected chi connectivity index (χ4v) is 2.55. The summed E-state index contributed by atoms with van der Waals surface area (Å²) in [6.07, 6.45) is 0.722. The summed E-state index contributed by atoms with van der Waals surface area (Å²) < 4.78 is 10.3. The van der Waals surface area contributed by atoms with Gasteiger partial charge >= 0.3 is 12.1 Å². The molecule has 0 aromatic heterocycles. The van der Waals surface area contributed by atoms with Crippen LogP contribution in [0, 0.1) is 0 Å². The monoisotopic (exact) mass is 300 g/mol. The molecule has 1 saturated heterocycles. The second kappa shape index (κ2) is 6.64. The summed E-state index contributed by atoms with van der Waals surface area (Å²) in [6.45, 7) is 10.5. The van der Waals surface area contributed by atoms with Gasteiger partial charge in [0, 0.05) is 19.1 Å². The molecule has 6 heteroatoms. The number of nitrogens with one attached hydrogen (secondary N) is 1. The third kappa shape index (κ3) is 4.88. The first-order valence-corrected chi connectivity index (χ1v) is 7.44. The van der Waals surface area contributed by atoms with Crippen LogP contribution in [-0.2, 0) is 14.3 Å². The van der Waals surface area contributed by atoms with Crippen LogP contribution in [0.25, 0.3) is 0 Å². The standard InChI is InChI=1S/C15H28N2O4/c1-11(2)16-15(12(18)20-6)7-9-17(10-8-15)13(19)21-14(3,4)5/h11,16H,7-10H2,1-6H3. The Labute approximate surface area is 127 Å². The Balaban J connectivity index is 2.70. The van der Waals surface area contributed by atoms with Crippen molar-refractivity contribution >= 4 is 12.1 Å². The van der Waals surface area contributed by atoms with Crippen molar-refractivity contribution in [3.05, 3.63) is 0 Å². The molecule has 1 aliphatic heterocycles. The van der Waals surface area contributed by atoms with E-state index in [0.717, 1.165) is 0 Å². The molecule has 0 aromatic rings. The molecule has 1 rings (SSSR count). The molecule has 0 saturated carbocycles. The van der Waals surface area contributed by atoms with Crippen LogP contribution in [0.2, 0.25) is 0 Å². The number of esters is 1. The summed E-state index contributed by atoms with van der Waals surface area (Å²) in [6, 6.07) is 0.164. The van der Waals surface area contributed by atoms with Gasteiger partial charge in [-0.05, 0) is 47.5 Å². The molecule has 21 heavy (non-hydrogen) atoms. The van der Waals surface area contributed by atoms with Crippen molar-refractivity contribution in [3.63, 3.8) is 0 Å². The van der Waals surface area contributed by atoms with Gasteiger partial charge in [0.1, 0.15) is 11.1 Å². The van der Waals surface area contributed by atoms with Crippen LogP contribution >= 0.6 is 0 Å². The van der Waals surface area contributed by atoms with Gasteiger partial charge in [0.25, 0.3) is 0 Å². The second-order valence-corrected chi connectivity index (χ2v) is 6.84. The molecule has 1 aliphatic rings. The van der Waals surface area contributed by atoms with Crippen LogP contribution in [0.15, 0.2) is 0 Å². The number of carbonyl (C=O) groups excluding carboxylic acids is 2. The number of carbonyl (C=O) groups is 2. The molecule has 0 radical (unpaired) electrons. The SMILES string of the molecule is COC(=O)C1(NC(C)C)CCN(C(=O)OC(C)(C)C)CC1. The van der Waals surface area contributed by atoms with E-state index in [4.69, 9.17) is 9.47 Å². The first-order valence-electron chi connectivity index (χ1n) is 7.44. The average Bonchev–Trinajstić information content (AvgIpc) is 2.35. The molecule has 0 spiro atoms. The molecule has 0 aromatic carbocycles. The minimum absolute atomic E-state index is 0.164. The van der Waals surface area contributed by atoms with Gasteiger partial charge in [-0.2, -0.15) is 0 Å². The molecule has 0 atom stereocenters. The van der Waals surface area contributed by atoms with E-state index >= 15 is 0 Å². The topological polar surface area (TPSA) is 67.9 Å². The molecule has 6 nitrogen and oxygen atoms in total. The van der Waals surface area contributed by atoms with E-state index in [0.29, 0.717) is 25.9 Å². The van der Waals surface area contributed by atoms with E-state index in [1.54, 1.807) is 4.90 Å². The Kier molecular flexibility index (Phi) is 5.61. The lowest BCUT2D eigenvalue weighted by Gasteiger charge is -2.41. The van der Waals surface area contributed by atoms with Crippen molar-refractivity contribution < 1.29 is 19.1 Å². The molecule has 1 N–H and O–H groups in total. The zero-order valence-electron chi connectivity index (χ0n) is 14.0. The lowest BCUT2D eigenvalue weighted by atomic mass is 9.87. The normalized spacial score (nSPS) is 18.5. The van der Waals surface area contributed by atoms with Crippen molar-refractivity contribution in [3.8, 4) is 0 Å². The number of amides is 1. The van der Waals surface area contributed by atoms with Gasteiger partial charge in [-0.1, -0.05) is 0 Å². The largest absolute Gasteiger partial charge is 0.468 e. The summed E-state index contributed by atoms with van der Waals surface area (Å²) in [5.74, 6) is -0.264. The minimum atomic E-state index is -0.707. The number of methoxy groups -OCH3 is 1. The van der Waals surface area contributed by atoms with Crippen LogP contribution in [-0.4, -0.2) is 54.3 Å². The van der Waals surface area contributed by atoms with Crippen molar-refractivity contribution in [1.82, 2.24) is 10.2 Å². The Bertz CT molecular complexity index is 380. The Morgan fingerprint density at radius 1 is 1.19 bits per heavy atom.